The first-order valence-electron chi connectivity index (χ1n) is 5.89. The molecule has 0 spiro atoms. The fourth-order valence-corrected chi connectivity index (χ4v) is 1.59. The highest BCUT2D eigenvalue weighted by molar-refractivity contribution is 5.92. The molecule has 8 nitrogen and oxygen atoms in total. The first-order valence-corrected chi connectivity index (χ1v) is 5.89. The van der Waals surface area contributed by atoms with E-state index in [1.54, 1.807) is 19.2 Å². The SMILES string of the molecule is Cc1ccnc(NC(=O)[C@@H](C)n2cc([N+](=O)[O-])cn2)c1. The minimum absolute atomic E-state index is 0.154. The van der Waals surface area contributed by atoms with Crippen LogP contribution in [0.4, 0.5) is 11.5 Å². The second kappa shape index (κ2) is 5.47. The van der Waals surface area contributed by atoms with Gasteiger partial charge in [-0.1, -0.05) is 0 Å². The molecule has 0 unspecified atom stereocenters. The summed E-state index contributed by atoms with van der Waals surface area (Å²) in [4.78, 5) is 26.1. The molecule has 0 aliphatic rings. The van der Waals surface area contributed by atoms with Crippen molar-refractivity contribution in [1.29, 1.82) is 0 Å². The summed E-state index contributed by atoms with van der Waals surface area (Å²) in [6.45, 7) is 3.49. The minimum Gasteiger partial charge on any atom is -0.309 e. The van der Waals surface area contributed by atoms with E-state index in [-0.39, 0.29) is 11.6 Å². The van der Waals surface area contributed by atoms with Crippen molar-refractivity contribution >= 4 is 17.4 Å². The van der Waals surface area contributed by atoms with Gasteiger partial charge < -0.3 is 5.32 Å². The summed E-state index contributed by atoms with van der Waals surface area (Å²) >= 11 is 0. The molecular weight excluding hydrogens is 262 g/mol. The van der Waals surface area contributed by atoms with Gasteiger partial charge in [0.25, 0.3) is 0 Å². The average molecular weight is 275 g/mol. The lowest BCUT2D eigenvalue weighted by Crippen LogP contribution is -2.24. The van der Waals surface area contributed by atoms with E-state index in [1.165, 1.54) is 10.9 Å². The van der Waals surface area contributed by atoms with Gasteiger partial charge in [0.1, 0.15) is 24.3 Å². The Bertz CT molecular complexity index is 652. The lowest BCUT2D eigenvalue weighted by atomic mass is 10.3. The number of hydrogen-bond acceptors (Lipinski definition) is 5. The third kappa shape index (κ3) is 2.97. The third-order valence-corrected chi connectivity index (χ3v) is 2.74. The summed E-state index contributed by atoms with van der Waals surface area (Å²) in [7, 11) is 0. The van der Waals surface area contributed by atoms with Crippen molar-refractivity contribution in [2.45, 2.75) is 19.9 Å². The van der Waals surface area contributed by atoms with Crippen LogP contribution in [0.1, 0.15) is 18.5 Å². The minimum atomic E-state index is -0.675. The Morgan fingerprint density at radius 1 is 1.55 bits per heavy atom. The molecule has 0 aromatic carbocycles. The molecule has 0 saturated heterocycles. The summed E-state index contributed by atoms with van der Waals surface area (Å²) in [5, 5.41) is 17.0. The monoisotopic (exact) mass is 275 g/mol. The zero-order chi connectivity index (χ0) is 14.7. The number of amides is 1. The highest BCUT2D eigenvalue weighted by Crippen LogP contribution is 2.14. The molecule has 0 saturated carbocycles. The number of hydrogen-bond donors (Lipinski definition) is 1. The maximum Gasteiger partial charge on any atom is 0.307 e. The van der Waals surface area contributed by atoms with Gasteiger partial charge in [-0.25, -0.2) is 4.98 Å². The maximum absolute atomic E-state index is 12.0. The van der Waals surface area contributed by atoms with Crippen LogP contribution >= 0.6 is 0 Å². The number of rotatable bonds is 4. The van der Waals surface area contributed by atoms with E-state index in [4.69, 9.17) is 0 Å². The van der Waals surface area contributed by atoms with Gasteiger partial charge in [-0.05, 0) is 31.5 Å². The Balaban J connectivity index is 2.10. The van der Waals surface area contributed by atoms with E-state index in [0.717, 1.165) is 11.8 Å². The molecule has 8 heteroatoms. The molecule has 2 aromatic heterocycles. The predicted octanol–water partition coefficient (Wildman–Crippen LogP) is 1.69. The summed E-state index contributed by atoms with van der Waals surface area (Å²) < 4.78 is 1.24. The Labute approximate surface area is 114 Å². The van der Waals surface area contributed by atoms with Crippen LogP contribution in [0.5, 0.6) is 0 Å². The topological polar surface area (TPSA) is 103 Å². The zero-order valence-electron chi connectivity index (χ0n) is 11.0. The van der Waals surface area contributed by atoms with Crippen molar-refractivity contribution < 1.29 is 9.72 Å². The van der Waals surface area contributed by atoms with E-state index < -0.39 is 11.0 Å². The summed E-state index contributed by atoms with van der Waals surface area (Å²) in [5.41, 5.74) is 0.816. The molecule has 0 bridgehead atoms. The number of nitrogens with one attached hydrogen (secondary N) is 1. The molecule has 20 heavy (non-hydrogen) atoms. The number of aryl methyl sites for hydroxylation is 1. The first-order chi connectivity index (χ1) is 9.47. The van der Waals surface area contributed by atoms with Crippen molar-refractivity contribution in [1.82, 2.24) is 14.8 Å². The van der Waals surface area contributed by atoms with Gasteiger partial charge in [0.05, 0.1) is 4.92 Å². The van der Waals surface area contributed by atoms with Crippen molar-refractivity contribution in [3.05, 3.63) is 46.4 Å². The van der Waals surface area contributed by atoms with E-state index in [9.17, 15) is 14.9 Å². The fraction of sp³-hybridized carbons (Fsp3) is 0.250. The predicted molar refractivity (Wildman–Crippen MR) is 71.2 cm³/mol. The van der Waals surface area contributed by atoms with Crippen LogP contribution in [0, 0.1) is 17.0 Å². The zero-order valence-corrected chi connectivity index (χ0v) is 11.0. The van der Waals surface area contributed by atoms with E-state index in [1.807, 2.05) is 13.0 Å². The van der Waals surface area contributed by atoms with Crippen LogP contribution < -0.4 is 5.32 Å². The Morgan fingerprint density at radius 3 is 2.90 bits per heavy atom. The molecule has 2 heterocycles. The number of nitro groups is 1. The molecule has 1 N–H and O–H groups in total. The lowest BCUT2D eigenvalue weighted by molar-refractivity contribution is -0.385. The molecular formula is C12H13N5O3. The smallest absolute Gasteiger partial charge is 0.307 e. The second-order valence-electron chi connectivity index (χ2n) is 4.32. The normalized spacial score (nSPS) is 11.9. The second-order valence-corrected chi connectivity index (χ2v) is 4.32. The van der Waals surface area contributed by atoms with E-state index in [2.05, 4.69) is 15.4 Å². The highest BCUT2D eigenvalue weighted by atomic mass is 16.6. The molecule has 2 aromatic rings. The fourth-order valence-electron chi connectivity index (χ4n) is 1.59. The number of anilines is 1. The molecule has 104 valence electrons. The molecule has 0 radical (unpaired) electrons. The van der Waals surface area contributed by atoms with Gasteiger partial charge in [-0.15, -0.1) is 0 Å². The van der Waals surface area contributed by atoms with Gasteiger partial charge in [-0.2, -0.15) is 5.10 Å². The number of nitrogens with zero attached hydrogens (tertiary/aromatic N) is 4. The van der Waals surface area contributed by atoms with Gasteiger partial charge in [-0.3, -0.25) is 19.6 Å². The van der Waals surface area contributed by atoms with E-state index in [0.29, 0.717) is 5.82 Å². The van der Waals surface area contributed by atoms with Crippen molar-refractivity contribution in [2.24, 2.45) is 0 Å². The molecule has 0 aliphatic heterocycles. The van der Waals surface area contributed by atoms with E-state index >= 15 is 0 Å². The van der Waals surface area contributed by atoms with Gasteiger partial charge >= 0.3 is 5.69 Å². The Hall–Kier alpha value is -2.77. The standard InChI is InChI=1S/C12H13N5O3/c1-8-3-4-13-11(5-8)15-12(18)9(2)16-7-10(6-14-16)17(19)20/h3-7,9H,1-2H3,(H,13,15,18)/t9-/m1/s1. The molecule has 1 atom stereocenters. The average Bonchev–Trinajstić information content (AvgIpc) is 2.87. The number of carbonyl (C=O) groups excluding carboxylic acids is 1. The summed E-state index contributed by atoms with van der Waals surface area (Å²) in [6, 6.07) is 2.87. The largest absolute Gasteiger partial charge is 0.309 e. The maximum atomic E-state index is 12.0. The van der Waals surface area contributed by atoms with Crippen molar-refractivity contribution in [3.8, 4) is 0 Å². The molecule has 2 rings (SSSR count). The molecule has 0 fully saturated rings. The highest BCUT2D eigenvalue weighted by Gasteiger charge is 2.19. The molecule has 0 aliphatic carbocycles. The van der Waals surface area contributed by atoms with Crippen LogP contribution in [0.2, 0.25) is 0 Å². The third-order valence-electron chi connectivity index (χ3n) is 2.74. The molecule has 1 amide bonds. The van der Waals surface area contributed by atoms with Crippen LogP contribution in [0.15, 0.2) is 30.7 Å². The van der Waals surface area contributed by atoms with Crippen LogP contribution in [-0.2, 0) is 4.79 Å². The van der Waals surface area contributed by atoms with Gasteiger partial charge in [0.2, 0.25) is 5.91 Å². The Kier molecular flexibility index (Phi) is 3.74. The quantitative estimate of drug-likeness (QED) is 0.675. The van der Waals surface area contributed by atoms with Gasteiger partial charge in [0.15, 0.2) is 0 Å². The van der Waals surface area contributed by atoms with Crippen LogP contribution in [-0.4, -0.2) is 25.6 Å². The van der Waals surface area contributed by atoms with Crippen LogP contribution in [0.25, 0.3) is 0 Å². The first kappa shape index (κ1) is 13.7. The number of carbonyl (C=O) groups is 1. The van der Waals surface area contributed by atoms with Crippen LogP contribution in [0.3, 0.4) is 0 Å². The Morgan fingerprint density at radius 2 is 2.30 bits per heavy atom. The van der Waals surface area contributed by atoms with Gasteiger partial charge in [0, 0.05) is 6.20 Å². The van der Waals surface area contributed by atoms with Crippen molar-refractivity contribution in [3.63, 3.8) is 0 Å². The number of aromatic nitrogens is 3. The summed E-state index contributed by atoms with van der Waals surface area (Å²) in [5.74, 6) is 0.0876. The van der Waals surface area contributed by atoms with Crippen molar-refractivity contribution in [2.75, 3.05) is 5.32 Å². The number of pyridine rings is 1. The lowest BCUT2D eigenvalue weighted by Gasteiger charge is -2.11. The summed E-state index contributed by atoms with van der Waals surface area (Å²) in [6.07, 6.45) is 3.91.